The maximum Gasteiger partial charge on any atom is 0.100 e. The minimum Gasteiger partial charge on any atom is -0.155 e. The first kappa shape index (κ1) is 5.44. The molecule has 0 atom stereocenters. The molecule has 0 unspecified atom stereocenters. The summed E-state index contributed by atoms with van der Waals surface area (Å²) in [7, 11) is 0. The molecule has 0 aromatic heterocycles. The molecule has 0 saturated carbocycles. The first-order chi connectivity index (χ1) is 2.27. The molecular formula is C3H5S2. The van der Waals surface area contributed by atoms with Crippen LogP contribution in [0.2, 0.25) is 0 Å². The fourth-order valence-electron chi connectivity index (χ4n) is 0. The van der Waals surface area contributed by atoms with Crippen molar-refractivity contribution >= 4 is 25.3 Å². The van der Waals surface area contributed by atoms with E-state index < -0.39 is 0 Å². The smallest absolute Gasteiger partial charge is 0.100 e. The number of hydrogen-bond donors (Lipinski definition) is 2. The number of rotatable bonds is 1. The summed E-state index contributed by atoms with van der Waals surface area (Å²) in [6, 6.07) is 0. The van der Waals surface area contributed by atoms with Crippen LogP contribution < -0.4 is 0 Å². The van der Waals surface area contributed by atoms with Crippen molar-refractivity contribution < 1.29 is 0 Å². The zero-order valence-electron chi connectivity index (χ0n) is 2.68. The van der Waals surface area contributed by atoms with E-state index in [1.54, 1.807) is 6.08 Å². The summed E-state index contributed by atoms with van der Waals surface area (Å²) in [6.45, 7) is 3.37. The summed E-state index contributed by atoms with van der Waals surface area (Å²) in [5.41, 5.74) is 0. The molecule has 2 heteroatoms. The van der Waals surface area contributed by atoms with Gasteiger partial charge in [-0.15, -0.1) is 6.58 Å². The van der Waals surface area contributed by atoms with Gasteiger partial charge in [-0.2, -0.15) is 25.3 Å². The summed E-state index contributed by atoms with van der Waals surface area (Å²) >= 11 is 7.52. The Labute approximate surface area is 43.1 Å². The van der Waals surface area contributed by atoms with Gasteiger partial charge in [0.05, 0.1) is 0 Å². The lowest BCUT2D eigenvalue weighted by Crippen LogP contribution is -1.54. The van der Waals surface area contributed by atoms with Gasteiger partial charge in [-0.25, -0.2) is 0 Å². The van der Waals surface area contributed by atoms with Crippen molar-refractivity contribution in [3.63, 3.8) is 0 Å². The zero-order valence-corrected chi connectivity index (χ0v) is 4.47. The van der Waals surface area contributed by atoms with Crippen LogP contribution in [0.1, 0.15) is 0 Å². The highest BCUT2D eigenvalue weighted by atomic mass is 32.2. The monoisotopic (exact) mass is 105 g/mol. The Bertz CT molecular complexity index is 31.9. The summed E-state index contributed by atoms with van der Waals surface area (Å²) in [4.78, 5) is 0. The summed E-state index contributed by atoms with van der Waals surface area (Å²) < 4.78 is 0.657. The lowest BCUT2D eigenvalue weighted by atomic mass is 10.8. The summed E-state index contributed by atoms with van der Waals surface area (Å²) in [5, 5.41) is 0. The molecule has 0 aliphatic carbocycles. The highest BCUT2D eigenvalue weighted by Crippen LogP contribution is 2.08. The van der Waals surface area contributed by atoms with Crippen LogP contribution in [-0.4, -0.2) is 0 Å². The predicted octanol–water partition coefficient (Wildman–Crippen LogP) is 1.52. The van der Waals surface area contributed by atoms with Crippen LogP contribution >= 0.6 is 25.3 Å². The van der Waals surface area contributed by atoms with Crippen molar-refractivity contribution in [3.8, 4) is 0 Å². The maximum absolute atomic E-state index is 3.76. The molecule has 0 bridgehead atoms. The minimum atomic E-state index is 0.657. The Hall–Kier alpha value is 0.440. The van der Waals surface area contributed by atoms with E-state index in [-0.39, 0.29) is 0 Å². The summed E-state index contributed by atoms with van der Waals surface area (Å²) in [5.74, 6) is 0. The molecular weight excluding hydrogens is 100 g/mol. The van der Waals surface area contributed by atoms with E-state index in [0.29, 0.717) is 4.58 Å². The molecule has 5 heavy (non-hydrogen) atoms. The quantitative estimate of drug-likeness (QED) is 0.464. The van der Waals surface area contributed by atoms with Crippen LogP contribution in [0, 0.1) is 4.58 Å². The SMILES string of the molecule is C=C[C](S)S. The Balaban J connectivity index is 2.83. The molecule has 1 radical (unpaired) electrons. The second kappa shape index (κ2) is 2.67. The van der Waals surface area contributed by atoms with Crippen LogP contribution in [0.15, 0.2) is 12.7 Å². The Morgan fingerprint density at radius 3 is 1.80 bits per heavy atom. The standard InChI is InChI=1S/C3H5S2/c1-2-3(4)5/h2,4-5H,1H2. The zero-order chi connectivity index (χ0) is 4.28. The Morgan fingerprint density at radius 2 is 1.80 bits per heavy atom. The van der Waals surface area contributed by atoms with Gasteiger partial charge in [0.15, 0.2) is 0 Å². The van der Waals surface area contributed by atoms with Crippen molar-refractivity contribution in [2.75, 3.05) is 0 Å². The van der Waals surface area contributed by atoms with E-state index in [9.17, 15) is 0 Å². The largest absolute Gasteiger partial charge is 0.155 e. The van der Waals surface area contributed by atoms with E-state index in [1.807, 2.05) is 0 Å². The molecule has 0 amide bonds. The van der Waals surface area contributed by atoms with Gasteiger partial charge in [-0.3, -0.25) is 0 Å². The van der Waals surface area contributed by atoms with Gasteiger partial charge in [-0.05, 0) is 0 Å². The van der Waals surface area contributed by atoms with Gasteiger partial charge in [0, 0.05) is 0 Å². The number of thiol groups is 2. The first-order valence-corrected chi connectivity index (χ1v) is 2.04. The van der Waals surface area contributed by atoms with Crippen molar-refractivity contribution in [1.82, 2.24) is 0 Å². The van der Waals surface area contributed by atoms with Gasteiger partial charge >= 0.3 is 0 Å². The van der Waals surface area contributed by atoms with E-state index in [0.717, 1.165) is 0 Å². The maximum atomic E-state index is 3.76. The Morgan fingerprint density at radius 1 is 1.60 bits per heavy atom. The molecule has 29 valence electrons. The third-order valence-corrected chi connectivity index (χ3v) is 0.548. The van der Waals surface area contributed by atoms with Gasteiger partial charge in [-0.1, -0.05) is 6.08 Å². The molecule has 0 heterocycles. The minimum absolute atomic E-state index is 0.657. The van der Waals surface area contributed by atoms with Gasteiger partial charge < -0.3 is 0 Å². The third kappa shape index (κ3) is 4.44. The topological polar surface area (TPSA) is 0 Å². The molecule has 0 aliphatic heterocycles. The summed E-state index contributed by atoms with van der Waals surface area (Å²) in [6.07, 6.45) is 1.56. The van der Waals surface area contributed by atoms with Crippen LogP contribution in [0.5, 0.6) is 0 Å². The second-order valence-corrected chi connectivity index (χ2v) is 1.88. The van der Waals surface area contributed by atoms with E-state index in [4.69, 9.17) is 0 Å². The van der Waals surface area contributed by atoms with Gasteiger partial charge in [0.2, 0.25) is 0 Å². The molecule has 0 aliphatic rings. The van der Waals surface area contributed by atoms with Gasteiger partial charge in [0.25, 0.3) is 0 Å². The fourth-order valence-corrected chi connectivity index (χ4v) is 0. The van der Waals surface area contributed by atoms with Crippen molar-refractivity contribution in [3.05, 3.63) is 17.2 Å². The normalized spacial score (nSPS) is 8.60. The molecule has 0 saturated heterocycles. The predicted molar refractivity (Wildman–Crippen MR) is 31.4 cm³/mol. The average molecular weight is 105 g/mol. The van der Waals surface area contributed by atoms with Crippen molar-refractivity contribution in [2.45, 2.75) is 0 Å². The van der Waals surface area contributed by atoms with Crippen LogP contribution in [0.4, 0.5) is 0 Å². The van der Waals surface area contributed by atoms with Crippen molar-refractivity contribution in [1.29, 1.82) is 0 Å². The Kier molecular flexibility index (Phi) is 2.90. The molecule has 0 spiro atoms. The molecule has 0 nitrogen and oxygen atoms in total. The van der Waals surface area contributed by atoms with E-state index >= 15 is 0 Å². The fraction of sp³-hybridized carbons (Fsp3) is 0. The van der Waals surface area contributed by atoms with Crippen LogP contribution in [-0.2, 0) is 0 Å². The lowest BCUT2D eigenvalue weighted by molar-refractivity contribution is 2.02. The van der Waals surface area contributed by atoms with Crippen LogP contribution in [0.25, 0.3) is 0 Å². The molecule has 0 fully saturated rings. The highest BCUT2D eigenvalue weighted by Gasteiger charge is 1.78. The second-order valence-electron chi connectivity index (χ2n) is 0.562. The molecule has 0 aromatic rings. The average Bonchev–Trinajstić information content (AvgIpc) is 1.38. The molecule has 0 aromatic carbocycles. The van der Waals surface area contributed by atoms with E-state index in [1.165, 1.54) is 0 Å². The number of hydrogen-bond acceptors (Lipinski definition) is 2. The van der Waals surface area contributed by atoms with Crippen molar-refractivity contribution in [2.24, 2.45) is 0 Å². The lowest BCUT2D eigenvalue weighted by Gasteiger charge is -1.80. The first-order valence-electron chi connectivity index (χ1n) is 1.14. The molecule has 0 N–H and O–H groups in total. The van der Waals surface area contributed by atoms with Gasteiger partial charge in [0.1, 0.15) is 4.58 Å². The van der Waals surface area contributed by atoms with E-state index in [2.05, 4.69) is 31.8 Å². The molecule has 0 rings (SSSR count). The highest BCUT2D eigenvalue weighted by molar-refractivity contribution is 8.03. The van der Waals surface area contributed by atoms with Crippen LogP contribution in [0.3, 0.4) is 0 Å². The third-order valence-electron chi connectivity index (χ3n) is 0.183.